The predicted octanol–water partition coefficient (Wildman–Crippen LogP) is 3.36. The Morgan fingerprint density at radius 1 is 1.18 bits per heavy atom. The first-order valence-electron chi connectivity index (χ1n) is 11.1. The van der Waals surface area contributed by atoms with E-state index in [0.29, 0.717) is 43.3 Å². The van der Waals surface area contributed by atoms with Crippen molar-refractivity contribution < 1.29 is 19.1 Å². The molecule has 33 heavy (non-hydrogen) atoms. The lowest BCUT2D eigenvalue weighted by molar-refractivity contribution is -0.122. The van der Waals surface area contributed by atoms with Gasteiger partial charge in [-0.05, 0) is 59.6 Å². The summed E-state index contributed by atoms with van der Waals surface area (Å²) in [4.78, 5) is 41.8. The third-order valence-corrected chi connectivity index (χ3v) is 5.58. The van der Waals surface area contributed by atoms with Gasteiger partial charge in [-0.3, -0.25) is 14.7 Å². The number of hydrogen-bond donors (Lipinski definition) is 1. The highest BCUT2D eigenvalue weighted by atomic mass is 16.6. The lowest BCUT2D eigenvalue weighted by atomic mass is 10.0. The fourth-order valence-electron chi connectivity index (χ4n) is 4.04. The molecule has 1 N–H and O–H groups in total. The number of amides is 2. The number of piperidine rings is 1. The quantitative estimate of drug-likeness (QED) is 0.752. The first-order chi connectivity index (χ1) is 15.6. The zero-order chi connectivity index (χ0) is 23.8. The highest BCUT2D eigenvalue weighted by Crippen LogP contribution is 2.39. The number of likely N-dealkylation sites (tertiary alicyclic amines) is 1. The standard InChI is InChI=1S/C23H30N6O4/c1-14-6-7-17(15(2)26-14)27-20-19-21(25-13-24-20)29(18(30)12-32-19)16-8-10-28(11-9-16)22(31)33-23(3,4)5/h6-7,13,16H,8-12H2,1-5H3,(H,24,25,27). The average molecular weight is 455 g/mol. The number of pyridine rings is 1. The maximum atomic E-state index is 12.8. The molecule has 2 aromatic heterocycles. The Labute approximate surface area is 193 Å². The SMILES string of the molecule is Cc1ccc(Nc2ncnc3c2OCC(=O)N3C2CCN(C(=O)OC(C)(C)C)CC2)c(C)n1. The third kappa shape index (κ3) is 4.99. The molecule has 4 heterocycles. The van der Waals surface area contributed by atoms with Crippen LogP contribution in [-0.4, -0.2) is 63.2 Å². The minimum absolute atomic E-state index is 0.0908. The summed E-state index contributed by atoms with van der Waals surface area (Å²) in [6, 6.07) is 3.76. The molecule has 0 spiro atoms. The average Bonchev–Trinajstić information content (AvgIpc) is 2.74. The Hall–Kier alpha value is -3.43. The van der Waals surface area contributed by atoms with Gasteiger partial charge in [0.25, 0.3) is 5.91 Å². The lowest BCUT2D eigenvalue weighted by Gasteiger charge is -2.40. The number of aromatic nitrogens is 3. The van der Waals surface area contributed by atoms with E-state index in [4.69, 9.17) is 9.47 Å². The molecule has 1 fully saturated rings. The van der Waals surface area contributed by atoms with Gasteiger partial charge in [-0.15, -0.1) is 0 Å². The van der Waals surface area contributed by atoms with E-state index < -0.39 is 5.60 Å². The molecule has 0 aromatic carbocycles. The fourth-order valence-corrected chi connectivity index (χ4v) is 4.04. The minimum atomic E-state index is -0.543. The van der Waals surface area contributed by atoms with E-state index in [0.717, 1.165) is 17.1 Å². The van der Waals surface area contributed by atoms with Gasteiger partial charge in [0.05, 0.1) is 11.4 Å². The molecule has 0 radical (unpaired) electrons. The van der Waals surface area contributed by atoms with Gasteiger partial charge in [0.2, 0.25) is 5.75 Å². The van der Waals surface area contributed by atoms with Crippen LogP contribution >= 0.6 is 0 Å². The van der Waals surface area contributed by atoms with Gasteiger partial charge < -0.3 is 19.7 Å². The van der Waals surface area contributed by atoms with Crippen LogP contribution in [0.5, 0.6) is 5.75 Å². The summed E-state index contributed by atoms with van der Waals surface area (Å²) in [5.41, 5.74) is 2.02. The number of hydrogen-bond acceptors (Lipinski definition) is 8. The van der Waals surface area contributed by atoms with E-state index in [1.165, 1.54) is 6.33 Å². The Bertz CT molecular complexity index is 1060. The summed E-state index contributed by atoms with van der Waals surface area (Å²) in [5.74, 6) is 1.21. The van der Waals surface area contributed by atoms with Crippen molar-refractivity contribution in [2.45, 2.75) is 59.1 Å². The highest BCUT2D eigenvalue weighted by Gasteiger charge is 2.37. The van der Waals surface area contributed by atoms with E-state index in [1.807, 2.05) is 46.8 Å². The number of nitrogens with one attached hydrogen (secondary N) is 1. The van der Waals surface area contributed by atoms with Gasteiger partial charge in [-0.25, -0.2) is 14.8 Å². The number of fused-ring (bicyclic) bond motifs is 1. The van der Waals surface area contributed by atoms with E-state index in [-0.39, 0.29) is 24.6 Å². The van der Waals surface area contributed by atoms with Crippen LogP contribution in [0.25, 0.3) is 0 Å². The molecular weight excluding hydrogens is 424 g/mol. The number of nitrogens with zero attached hydrogens (tertiary/aromatic N) is 5. The largest absolute Gasteiger partial charge is 0.476 e. The molecule has 1 saturated heterocycles. The van der Waals surface area contributed by atoms with Crippen LogP contribution in [0.15, 0.2) is 18.5 Å². The van der Waals surface area contributed by atoms with Crippen molar-refractivity contribution in [2.75, 3.05) is 29.9 Å². The second-order valence-electron chi connectivity index (χ2n) is 9.34. The molecule has 0 bridgehead atoms. The van der Waals surface area contributed by atoms with Crippen molar-refractivity contribution in [3.8, 4) is 5.75 Å². The third-order valence-electron chi connectivity index (χ3n) is 5.58. The monoisotopic (exact) mass is 454 g/mol. The molecule has 2 aliphatic heterocycles. The Balaban J connectivity index is 1.52. The normalized spacial score (nSPS) is 16.8. The summed E-state index contributed by atoms with van der Waals surface area (Å²) in [5, 5.41) is 3.26. The molecule has 10 nitrogen and oxygen atoms in total. The van der Waals surface area contributed by atoms with E-state index in [1.54, 1.807) is 9.80 Å². The zero-order valence-electron chi connectivity index (χ0n) is 19.7. The number of carbonyl (C=O) groups is 2. The van der Waals surface area contributed by atoms with Crippen molar-refractivity contribution in [1.82, 2.24) is 19.9 Å². The molecule has 0 aliphatic carbocycles. The molecule has 0 saturated carbocycles. The van der Waals surface area contributed by atoms with E-state index >= 15 is 0 Å². The number of ether oxygens (including phenoxy) is 2. The molecule has 0 unspecified atom stereocenters. The molecule has 176 valence electrons. The topological polar surface area (TPSA) is 110 Å². The fraction of sp³-hybridized carbons (Fsp3) is 0.522. The molecule has 2 aliphatic rings. The molecule has 2 aromatic rings. The van der Waals surface area contributed by atoms with Crippen LogP contribution < -0.4 is 15.0 Å². The first kappa shape index (κ1) is 22.8. The molecule has 10 heteroatoms. The Morgan fingerprint density at radius 3 is 2.58 bits per heavy atom. The van der Waals surface area contributed by atoms with Crippen LogP contribution in [0.4, 0.5) is 22.1 Å². The summed E-state index contributed by atoms with van der Waals surface area (Å²) < 4.78 is 11.2. The van der Waals surface area contributed by atoms with Crippen molar-refractivity contribution in [1.29, 1.82) is 0 Å². The van der Waals surface area contributed by atoms with Crippen molar-refractivity contribution in [3.05, 3.63) is 29.8 Å². The summed E-state index contributed by atoms with van der Waals surface area (Å²) in [6.45, 7) is 10.3. The zero-order valence-corrected chi connectivity index (χ0v) is 19.7. The smallest absolute Gasteiger partial charge is 0.410 e. The van der Waals surface area contributed by atoms with Crippen LogP contribution in [-0.2, 0) is 9.53 Å². The minimum Gasteiger partial charge on any atom is -0.476 e. The summed E-state index contributed by atoms with van der Waals surface area (Å²) >= 11 is 0. The predicted molar refractivity (Wildman–Crippen MR) is 123 cm³/mol. The number of anilines is 3. The maximum Gasteiger partial charge on any atom is 0.410 e. The maximum absolute atomic E-state index is 12.8. The first-order valence-corrected chi connectivity index (χ1v) is 11.1. The molecule has 0 atom stereocenters. The Morgan fingerprint density at radius 2 is 1.91 bits per heavy atom. The number of carbonyl (C=O) groups excluding carboxylic acids is 2. The number of aryl methyl sites for hydroxylation is 2. The highest BCUT2D eigenvalue weighted by molar-refractivity contribution is 5.98. The molecular formula is C23H30N6O4. The van der Waals surface area contributed by atoms with Crippen molar-refractivity contribution in [3.63, 3.8) is 0 Å². The second kappa shape index (κ2) is 8.84. The summed E-state index contributed by atoms with van der Waals surface area (Å²) in [6.07, 6.45) is 2.34. The van der Waals surface area contributed by atoms with Crippen LogP contribution in [0, 0.1) is 13.8 Å². The van der Waals surface area contributed by atoms with Crippen LogP contribution in [0.1, 0.15) is 45.0 Å². The van der Waals surface area contributed by atoms with Gasteiger partial charge in [-0.1, -0.05) is 0 Å². The second-order valence-corrected chi connectivity index (χ2v) is 9.34. The molecule has 4 rings (SSSR count). The Kier molecular flexibility index (Phi) is 6.09. The lowest BCUT2D eigenvalue weighted by Crippen LogP contribution is -2.52. The summed E-state index contributed by atoms with van der Waals surface area (Å²) in [7, 11) is 0. The van der Waals surface area contributed by atoms with Gasteiger partial charge in [0.1, 0.15) is 11.9 Å². The van der Waals surface area contributed by atoms with Gasteiger partial charge in [0, 0.05) is 24.8 Å². The van der Waals surface area contributed by atoms with Gasteiger partial charge in [-0.2, -0.15) is 0 Å². The van der Waals surface area contributed by atoms with E-state index in [2.05, 4.69) is 20.3 Å². The van der Waals surface area contributed by atoms with Crippen LogP contribution in [0.2, 0.25) is 0 Å². The number of rotatable bonds is 3. The van der Waals surface area contributed by atoms with E-state index in [9.17, 15) is 9.59 Å². The van der Waals surface area contributed by atoms with Crippen LogP contribution in [0.3, 0.4) is 0 Å². The van der Waals surface area contributed by atoms with Crippen molar-refractivity contribution >= 4 is 29.3 Å². The molecule has 2 amide bonds. The van der Waals surface area contributed by atoms with Gasteiger partial charge in [0.15, 0.2) is 18.2 Å². The van der Waals surface area contributed by atoms with Crippen molar-refractivity contribution in [2.24, 2.45) is 0 Å². The van der Waals surface area contributed by atoms with Gasteiger partial charge >= 0.3 is 6.09 Å².